The van der Waals surface area contributed by atoms with E-state index in [4.69, 9.17) is 11.6 Å². The molecule has 1 heterocycles. The first kappa shape index (κ1) is 21.3. The Bertz CT molecular complexity index is 1180. The third kappa shape index (κ3) is 5.35. The fourth-order valence-corrected chi connectivity index (χ4v) is 5.17. The van der Waals surface area contributed by atoms with E-state index < -0.39 is 15.8 Å². The molecule has 2 N–H and O–H groups in total. The number of carbonyl (C=O) groups excluding carboxylic acids is 1. The highest BCUT2D eigenvalue weighted by atomic mass is 35.5. The van der Waals surface area contributed by atoms with Crippen LogP contribution < -0.4 is 10.0 Å². The van der Waals surface area contributed by atoms with Crippen LogP contribution in [0, 0.1) is 19.7 Å². The molecular weight excluding hydrogens is 435 g/mol. The van der Waals surface area contributed by atoms with Gasteiger partial charge in [-0.3, -0.25) is 9.52 Å². The standard InChI is InChI=1S/C20H18ClFN2O3S2/c1-12-3-5-15(9-13(12)2)24-29(26,27)20-8-6-16(28-20)11-19(25)23-18-7-4-14(22)10-17(18)21/h3-10,24H,11H2,1-2H3,(H,23,25). The van der Waals surface area contributed by atoms with Gasteiger partial charge < -0.3 is 5.32 Å². The topological polar surface area (TPSA) is 75.3 Å². The summed E-state index contributed by atoms with van der Waals surface area (Å²) in [5, 5.41) is 2.68. The smallest absolute Gasteiger partial charge is 0.271 e. The average molecular weight is 453 g/mol. The van der Waals surface area contributed by atoms with Crippen LogP contribution in [0.3, 0.4) is 0 Å². The Hall–Kier alpha value is -2.42. The van der Waals surface area contributed by atoms with Crippen molar-refractivity contribution in [1.29, 1.82) is 0 Å². The van der Waals surface area contributed by atoms with Gasteiger partial charge in [-0.2, -0.15) is 0 Å². The second-order valence-corrected chi connectivity index (χ2v) is 9.96. The number of hydrogen-bond donors (Lipinski definition) is 2. The molecule has 29 heavy (non-hydrogen) atoms. The van der Waals surface area contributed by atoms with Gasteiger partial charge in [-0.15, -0.1) is 11.3 Å². The van der Waals surface area contributed by atoms with Crippen LogP contribution in [0.15, 0.2) is 52.7 Å². The summed E-state index contributed by atoms with van der Waals surface area (Å²) in [4.78, 5) is 12.8. The van der Waals surface area contributed by atoms with E-state index in [0.717, 1.165) is 28.5 Å². The Labute approximate surface area is 177 Å². The summed E-state index contributed by atoms with van der Waals surface area (Å²) in [7, 11) is -3.75. The highest BCUT2D eigenvalue weighted by Gasteiger charge is 2.18. The van der Waals surface area contributed by atoms with Gasteiger partial charge in [0, 0.05) is 10.6 Å². The lowest BCUT2D eigenvalue weighted by Crippen LogP contribution is -2.14. The Morgan fingerprint density at radius 3 is 2.52 bits per heavy atom. The maximum absolute atomic E-state index is 13.1. The number of halogens is 2. The minimum atomic E-state index is -3.75. The molecule has 9 heteroatoms. The zero-order valence-corrected chi connectivity index (χ0v) is 18.0. The maximum Gasteiger partial charge on any atom is 0.271 e. The fourth-order valence-electron chi connectivity index (χ4n) is 2.55. The maximum atomic E-state index is 13.1. The van der Waals surface area contributed by atoms with E-state index in [1.54, 1.807) is 18.2 Å². The minimum absolute atomic E-state index is 0.0302. The molecule has 0 unspecified atom stereocenters. The third-order valence-electron chi connectivity index (χ3n) is 4.20. The van der Waals surface area contributed by atoms with Crippen LogP contribution in [0.4, 0.5) is 15.8 Å². The summed E-state index contributed by atoms with van der Waals surface area (Å²) in [5.41, 5.74) is 2.82. The summed E-state index contributed by atoms with van der Waals surface area (Å²) in [6, 6.07) is 12.0. The molecule has 0 saturated carbocycles. The lowest BCUT2D eigenvalue weighted by Gasteiger charge is -2.08. The highest BCUT2D eigenvalue weighted by molar-refractivity contribution is 7.94. The molecule has 3 rings (SSSR count). The third-order valence-corrected chi connectivity index (χ3v) is 7.47. The van der Waals surface area contributed by atoms with Gasteiger partial charge in [0.1, 0.15) is 10.0 Å². The molecule has 0 radical (unpaired) electrons. The molecule has 0 aliphatic heterocycles. The number of hydrogen-bond acceptors (Lipinski definition) is 4. The second-order valence-electron chi connectivity index (χ2n) is 6.47. The van der Waals surface area contributed by atoms with Crippen molar-refractivity contribution in [2.24, 2.45) is 0 Å². The molecule has 0 bridgehead atoms. The number of nitrogens with one attached hydrogen (secondary N) is 2. The van der Waals surface area contributed by atoms with Crippen LogP contribution in [-0.4, -0.2) is 14.3 Å². The Morgan fingerprint density at radius 2 is 1.83 bits per heavy atom. The van der Waals surface area contributed by atoms with E-state index in [-0.39, 0.29) is 21.6 Å². The number of sulfonamides is 1. The van der Waals surface area contributed by atoms with E-state index in [1.165, 1.54) is 18.2 Å². The van der Waals surface area contributed by atoms with Crippen LogP contribution in [0.1, 0.15) is 16.0 Å². The summed E-state index contributed by atoms with van der Waals surface area (Å²) < 4.78 is 41.0. The number of benzene rings is 2. The van der Waals surface area contributed by atoms with Gasteiger partial charge in [0.05, 0.1) is 17.1 Å². The summed E-state index contributed by atoms with van der Waals surface area (Å²) in [5.74, 6) is -0.885. The van der Waals surface area contributed by atoms with Gasteiger partial charge >= 0.3 is 0 Å². The van der Waals surface area contributed by atoms with Crippen molar-refractivity contribution < 1.29 is 17.6 Å². The molecule has 0 saturated heterocycles. The Kier molecular flexibility index (Phi) is 6.26. The predicted octanol–water partition coefficient (Wildman–Crippen LogP) is 5.14. The largest absolute Gasteiger partial charge is 0.324 e. The van der Waals surface area contributed by atoms with E-state index >= 15 is 0 Å². The zero-order valence-electron chi connectivity index (χ0n) is 15.6. The quantitative estimate of drug-likeness (QED) is 0.543. The number of thiophene rings is 1. The minimum Gasteiger partial charge on any atom is -0.324 e. The van der Waals surface area contributed by atoms with Crippen molar-refractivity contribution in [2.75, 3.05) is 10.0 Å². The first-order valence-corrected chi connectivity index (χ1v) is 11.3. The van der Waals surface area contributed by atoms with E-state index in [0.29, 0.717) is 16.3 Å². The monoisotopic (exact) mass is 452 g/mol. The Balaban J connectivity index is 1.69. The van der Waals surface area contributed by atoms with Crippen LogP contribution >= 0.6 is 22.9 Å². The molecule has 0 aliphatic rings. The summed E-state index contributed by atoms with van der Waals surface area (Å²) in [6.45, 7) is 3.85. The van der Waals surface area contributed by atoms with E-state index in [9.17, 15) is 17.6 Å². The molecule has 0 aliphatic carbocycles. The van der Waals surface area contributed by atoms with Gasteiger partial charge in [-0.25, -0.2) is 12.8 Å². The molecule has 152 valence electrons. The average Bonchev–Trinajstić information content (AvgIpc) is 3.10. The first-order chi connectivity index (χ1) is 13.6. The second kappa shape index (κ2) is 8.52. The molecular formula is C20H18ClFN2O3S2. The van der Waals surface area contributed by atoms with Gasteiger partial charge in [0.15, 0.2) is 0 Å². The molecule has 1 amide bonds. The number of rotatable bonds is 6. The molecule has 0 spiro atoms. The lowest BCUT2D eigenvalue weighted by molar-refractivity contribution is -0.115. The number of amides is 1. The van der Waals surface area contributed by atoms with Gasteiger partial charge in [-0.1, -0.05) is 17.7 Å². The number of anilines is 2. The van der Waals surface area contributed by atoms with Crippen LogP contribution in [0.5, 0.6) is 0 Å². The van der Waals surface area contributed by atoms with E-state index in [2.05, 4.69) is 10.0 Å². The SMILES string of the molecule is Cc1ccc(NS(=O)(=O)c2ccc(CC(=O)Nc3ccc(F)cc3Cl)s2)cc1C. The van der Waals surface area contributed by atoms with Crippen molar-refractivity contribution in [3.8, 4) is 0 Å². The number of aryl methyl sites for hydroxylation is 2. The predicted molar refractivity (Wildman–Crippen MR) is 115 cm³/mol. The van der Waals surface area contributed by atoms with Crippen molar-refractivity contribution in [3.63, 3.8) is 0 Å². The normalized spacial score (nSPS) is 11.3. The van der Waals surface area contributed by atoms with Crippen LogP contribution in [-0.2, 0) is 21.2 Å². The van der Waals surface area contributed by atoms with Gasteiger partial charge in [0.2, 0.25) is 5.91 Å². The van der Waals surface area contributed by atoms with Gasteiger partial charge in [0.25, 0.3) is 10.0 Å². The van der Waals surface area contributed by atoms with E-state index in [1.807, 2.05) is 19.9 Å². The lowest BCUT2D eigenvalue weighted by atomic mass is 10.1. The first-order valence-electron chi connectivity index (χ1n) is 8.58. The summed E-state index contributed by atoms with van der Waals surface area (Å²) in [6.07, 6.45) is -0.0302. The fraction of sp³-hybridized carbons (Fsp3) is 0.150. The molecule has 3 aromatic rings. The van der Waals surface area contributed by atoms with Crippen molar-refractivity contribution in [1.82, 2.24) is 0 Å². The van der Waals surface area contributed by atoms with Crippen molar-refractivity contribution in [3.05, 3.63) is 75.4 Å². The van der Waals surface area contributed by atoms with Crippen molar-refractivity contribution >= 4 is 50.2 Å². The zero-order chi connectivity index (χ0) is 21.2. The molecule has 1 aromatic heterocycles. The molecule has 5 nitrogen and oxygen atoms in total. The summed E-state index contributed by atoms with van der Waals surface area (Å²) >= 11 is 6.91. The number of carbonyl (C=O) groups is 1. The molecule has 0 atom stereocenters. The van der Waals surface area contributed by atoms with Crippen LogP contribution in [0.2, 0.25) is 5.02 Å². The Morgan fingerprint density at radius 1 is 1.07 bits per heavy atom. The highest BCUT2D eigenvalue weighted by Crippen LogP contribution is 2.26. The van der Waals surface area contributed by atoms with Crippen molar-refractivity contribution in [2.45, 2.75) is 24.5 Å². The van der Waals surface area contributed by atoms with Gasteiger partial charge in [-0.05, 0) is 67.4 Å². The molecule has 0 fully saturated rings. The van der Waals surface area contributed by atoms with Crippen LogP contribution in [0.25, 0.3) is 0 Å². The molecule has 2 aromatic carbocycles.